The summed E-state index contributed by atoms with van der Waals surface area (Å²) in [5.41, 5.74) is 0.957. The first-order valence-electron chi connectivity index (χ1n) is 11.7. The zero-order valence-corrected chi connectivity index (χ0v) is 20.0. The summed E-state index contributed by atoms with van der Waals surface area (Å²) in [6.07, 6.45) is 1.92. The Morgan fingerprint density at radius 2 is 1.94 bits per heavy atom. The van der Waals surface area contributed by atoms with E-state index in [1.54, 1.807) is 6.92 Å². The number of hydrogen-bond donors (Lipinski definition) is 2. The molecule has 1 saturated carbocycles. The third-order valence-corrected chi connectivity index (χ3v) is 7.12. The number of aromatic nitrogens is 2. The van der Waals surface area contributed by atoms with Gasteiger partial charge in [-0.2, -0.15) is 13.9 Å². The Kier molecular flexibility index (Phi) is 5.32. The molecule has 0 unspecified atom stereocenters. The van der Waals surface area contributed by atoms with Crippen molar-refractivity contribution in [2.45, 2.75) is 64.0 Å². The van der Waals surface area contributed by atoms with Crippen LogP contribution >= 0.6 is 0 Å². The number of amides is 1. The second-order valence-electron chi connectivity index (χ2n) is 10.0. The van der Waals surface area contributed by atoms with Crippen molar-refractivity contribution in [1.82, 2.24) is 10.2 Å². The fourth-order valence-electron chi connectivity index (χ4n) is 4.88. The maximum atomic E-state index is 15.0. The summed E-state index contributed by atoms with van der Waals surface area (Å²) in [4.78, 5) is 15.1. The standard InChI is InChI=1S/C26H27F3N4O2/c1-13(16-6-5-7-19(22(16)27)26(28,29)12-34)30-23-18-11-21-20(10-17(18)14(2)31-32-23)25(3,4)24(35)33(21)15-8-9-15/h5-7,10-11,13,15,34H,8-9,12H2,1-4H3,(H,30,32)/t13-/m1/s1. The van der Waals surface area contributed by atoms with Gasteiger partial charge in [0.2, 0.25) is 5.91 Å². The molecule has 184 valence electrons. The van der Waals surface area contributed by atoms with E-state index in [0.717, 1.165) is 40.9 Å². The van der Waals surface area contributed by atoms with Gasteiger partial charge in [0.15, 0.2) is 5.82 Å². The van der Waals surface area contributed by atoms with Gasteiger partial charge in [-0.25, -0.2) is 4.39 Å². The Morgan fingerprint density at radius 3 is 2.60 bits per heavy atom. The number of carbonyl (C=O) groups is 1. The van der Waals surface area contributed by atoms with Gasteiger partial charge in [-0.1, -0.05) is 12.1 Å². The van der Waals surface area contributed by atoms with E-state index >= 15 is 4.39 Å². The summed E-state index contributed by atoms with van der Waals surface area (Å²) < 4.78 is 43.1. The van der Waals surface area contributed by atoms with Crippen LogP contribution in [0, 0.1) is 12.7 Å². The van der Waals surface area contributed by atoms with Gasteiger partial charge in [0.25, 0.3) is 5.92 Å². The molecule has 1 aliphatic carbocycles. The molecule has 1 aliphatic heterocycles. The zero-order valence-electron chi connectivity index (χ0n) is 20.0. The van der Waals surface area contributed by atoms with Crippen LogP contribution in [0.3, 0.4) is 0 Å². The van der Waals surface area contributed by atoms with Crippen molar-refractivity contribution in [2.24, 2.45) is 0 Å². The Labute approximate surface area is 201 Å². The fourth-order valence-corrected chi connectivity index (χ4v) is 4.88. The minimum absolute atomic E-state index is 0.0169. The van der Waals surface area contributed by atoms with Crippen LogP contribution < -0.4 is 10.2 Å². The van der Waals surface area contributed by atoms with E-state index in [4.69, 9.17) is 5.11 Å². The number of hydrogen-bond acceptors (Lipinski definition) is 5. The minimum atomic E-state index is -3.69. The smallest absolute Gasteiger partial charge is 0.298 e. The highest BCUT2D eigenvalue weighted by Gasteiger charge is 2.49. The molecule has 2 aromatic carbocycles. The van der Waals surface area contributed by atoms with Crippen LogP contribution in [0.1, 0.15) is 62.0 Å². The molecular weight excluding hydrogens is 457 g/mol. The number of halogens is 3. The molecule has 2 heterocycles. The number of aliphatic hydroxyl groups excluding tert-OH is 1. The van der Waals surface area contributed by atoms with Crippen LogP contribution in [-0.2, 0) is 16.1 Å². The molecule has 0 saturated heterocycles. The maximum absolute atomic E-state index is 15.0. The SMILES string of the molecule is Cc1nnc(N[C@H](C)c2cccc(C(F)(F)CO)c2F)c2cc3c(cc12)C(C)(C)C(=O)N3C1CC1. The first-order valence-corrected chi connectivity index (χ1v) is 11.7. The van der Waals surface area contributed by atoms with E-state index < -0.39 is 35.4 Å². The second kappa shape index (κ2) is 7.91. The molecule has 1 fully saturated rings. The highest BCUT2D eigenvalue weighted by atomic mass is 19.3. The van der Waals surface area contributed by atoms with Crippen molar-refractivity contribution in [3.63, 3.8) is 0 Å². The number of fused-ring (bicyclic) bond motifs is 2. The van der Waals surface area contributed by atoms with E-state index in [-0.39, 0.29) is 17.5 Å². The molecule has 1 aromatic heterocycles. The number of rotatable bonds is 6. The van der Waals surface area contributed by atoms with Gasteiger partial charge in [0, 0.05) is 28.1 Å². The summed E-state index contributed by atoms with van der Waals surface area (Å²) in [5.74, 6) is -4.34. The maximum Gasteiger partial charge on any atom is 0.298 e. The molecule has 2 aliphatic rings. The van der Waals surface area contributed by atoms with Gasteiger partial charge in [-0.3, -0.25) is 4.79 Å². The van der Waals surface area contributed by atoms with Crippen LogP contribution in [0.4, 0.5) is 24.7 Å². The lowest BCUT2D eigenvalue weighted by Crippen LogP contribution is -2.37. The summed E-state index contributed by atoms with van der Waals surface area (Å²) in [6.45, 7) is 5.83. The van der Waals surface area contributed by atoms with Crippen molar-refractivity contribution >= 4 is 28.2 Å². The highest BCUT2D eigenvalue weighted by molar-refractivity contribution is 6.11. The Balaban J connectivity index is 1.59. The average molecular weight is 485 g/mol. The van der Waals surface area contributed by atoms with Crippen LogP contribution in [0.25, 0.3) is 10.8 Å². The molecule has 2 N–H and O–H groups in total. The van der Waals surface area contributed by atoms with Crippen LogP contribution in [0.5, 0.6) is 0 Å². The largest absolute Gasteiger partial charge is 0.390 e. The van der Waals surface area contributed by atoms with E-state index in [1.165, 1.54) is 12.1 Å². The first-order chi connectivity index (χ1) is 16.5. The van der Waals surface area contributed by atoms with Gasteiger partial charge in [-0.15, -0.1) is 5.10 Å². The van der Waals surface area contributed by atoms with E-state index in [9.17, 15) is 13.6 Å². The quantitative estimate of drug-likeness (QED) is 0.508. The number of carbonyl (C=O) groups excluding carboxylic acids is 1. The van der Waals surface area contributed by atoms with E-state index in [1.807, 2.05) is 37.8 Å². The lowest BCUT2D eigenvalue weighted by Gasteiger charge is -2.21. The van der Waals surface area contributed by atoms with Crippen molar-refractivity contribution < 1.29 is 23.1 Å². The Bertz CT molecular complexity index is 1350. The molecule has 0 spiro atoms. The highest BCUT2D eigenvalue weighted by Crippen LogP contribution is 2.49. The average Bonchev–Trinajstić information content (AvgIpc) is 3.63. The third kappa shape index (κ3) is 3.64. The second-order valence-corrected chi connectivity index (χ2v) is 10.0. The summed E-state index contributed by atoms with van der Waals surface area (Å²) in [7, 11) is 0. The molecule has 0 radical (unpaired) electrons. The van der Waals surface area contributed by atoms with E-state index in [0.29, 0.717) is 11.5 Å². The third-order valence-electron chi connectivity index (χ3n) is 7.12. The summed E-state index contributed by atoms with van der Waals surface area (Å²) >= 11 is 0. The molecule has 6 nitrogen and oxygen atoms in total. The van der Waals surface area contributed by atoms with Gasteiger partial charge in [-0.05, 0) is 64.3 Å². The van der Waals surface area contributed by atoms with Crippen LogP contribution in [0.2, 0.25) is 0 Å². The van der Waals surface area contributed by atoms with Gasteiger partial charge in [0.1, 0.15) is 12.4 Å². The fraction of sp³-hybridized carbons (Fsp3) is 0.423. The molecule has 0 bridgehead atoms. The van der Waals surface area contributed by atoms with Gasteiger partial charge < -0.3 is 15.3 Å². The molecule has 5 rings (SSSR count). The number of alkyl halides is 2. The Hall–Kier alpha value is -3.20. The van der Waals surface area contributed by atoms with Crippen molar-refractivity contribution in [1.29, 1.82) is 0 Å². The number of aryl methyl sites for hydroxylation is 1. The molecule has 35 heavy (non-hydrogen) atoms. The predicted octanol–water partition coefficient (Wildman–Crippen LogP) is 5.12. The van der Waals surface area contributed by atoms with Gasteiger partial charge in [0.05, 0.1) is 22.7 Å². The van der Waals surface area contributed by atoms with Crippen LogP contribution in [0.15, 0.2) is 30.3 Å². The molecular formula is C26H27F3N4O2. The number of benzene rings is 2. The molecule has 1 atom stereocenters. The topological polar surface area (TPSA) is 78.4 Å². The number of nitrogens with one attached hydrogen (secondary N) is 1. The lowest BCUT2D eigenvalue weighted by atomic mass is 9.85. The first kappa shape index (κ1) is 23.5. The number of anilines is 2. The van der Waals surface area contributed by atoms with Crippen LogP contribution in [-0.4, -0.2) is 33.9 Å². The lowest BCUT2D eigenvalue weighted by molar-refractivity contribution is -0.122. The van der Waals surface area contributed by atoms with Crippen molar-refractivity contribution in [3.05, 3.63) is 58.5 Å². The monoisotopic (exact) mass is 484 g/mol. The predicted molar refractivity (Wildman–Crippen MR) is 127 cm³/mol. The summed E-state index contributed by atoms with van der Waals surface area (Å²) in [5, 5.41) is 22.2. The summed E-state index contributed by atoms with van der Waals surface area (Å²) in [6, 6.07) is 7.10. The van der Waals surface area contributed by atoms with Gasteiger partial charge >= 0.3 is 0 Å². The minimum Gasteiger partial charge on any atom is -0.390 e. The molecule has 1 amide bonds. The number of aliphatic hydroxyl groups is 1. The van der Waals surface area contributed by atoms with Crippen molar-refractivity contribution in [3.8, 4) is 0 Å². The van der Waals surface area contributed by atoms with Crippen molar-refractivity contribution in [2.75, 3.05) is 16.8 Å². The molecule has 9 heteroatoms. The molecule has 3 aromatic rings. The Morgan fingerprint density at radius 1 is 1.23 bits per heavy atom. The number of nitrogens with zero attached hydrogens (tertiary/aromatic N) is 3. The van der Waals surface area contributed by atoms with E-state index in [2.05, 4.69) is 15.5 Å². The normalized spacial score (nSPS) is 18.2. The zero-order chi connectivity index (χ0) is 25.3.